The number of nitrogens with one attached hydrogen (secondary N) is 2. The number of hydrogen-bond acceptors (Lipinski definition) is 7. The summed E-state index contributed by atoms with van der Waals surface area (Å²) in [6, 6.07) is 11.3. The molecule has 156 valence electrons. The Kier molecular flexibility index (Phi) is 4.51. The van der Waals surface area contributed by atoms with E-state index in [0.29, 0.717) is 46.9 Å². The Hall–Kier alpha value is -4.34. The molecule has 1 aliphatic rings. The quantitative estimate of drug-likeness (QED) is 0.521. The summed E-state index contributed by atoms with van der Waals surface area (Å²) in [5.41, 5.74) is 0.926. The highest BCUT2D eigenvalue weighted by molar-refractivity contribution is 6.02. The van der Waals surface area contributed by atoms with Crippen LogP contribution < -0.4 is 25.7 Å². The molecule has 0 spiro atoms. The molecular weight excluding hydrogens is 404 g/mol. The first-order chi connectivity index (χ1) is 15.1. The number of hydrogen-bond donors (Lipinski definition) is 2. The number of fused-ring (bicyclic) bond motifs is 4. The number of urea groups is 1. The topological polar surface area (TPSA) is 125 Å². The standard InChI is InChI=1S/C21H16N4O6/c26-17(24-21(28)23-12-5-6-15-16(9-12)30-8-7-29-15)10-25-11-22-18-13-3-1-2-4-14(13)31-19(18)20(25)27/h1-6,9,11H,7-8,10H2,(H2,23,24,26,28). The maximum absolute atomic E-state index is 12.7. The number of nitrogens with zero attached hydrogens (tertiary/aromatic N) is 2. The van der Waals surface area contributed by atoms with Crippen molar-refractivity contribution in [3.63, 3.8) is 0 Å². The van der Waals surface area contributed by atoms with Crippen LogP contribution in [0.4, 0.5) is 10.5 Å². The van der Waals surface area contributed by atoms with Gasteiger partial charge in [0.2, 0.25) is 11.5 Å². The molecule has 0 bridgehead atoms. The Labute approximate surface area is 174 Å². The van der Waals surface area contributed by atoms with Gasteiger partial charge in [0.15, 0.2) is 11.5 Å². The second-order valence-electron chi connectivity index (χ2n) is 6.81. The van der Waals surface area contributed by atoms with Gasteiger partial charge >= 0.3 is 6.03 Å². The Morgan fingerprint density at radius 3 is 2.74 bits per heavy atom. The van der Waals surface area contributed by atoms with Crippen LogP contribution in [-0.4, -0.2) is 34.7 Å². The van der Waals surface area contributed by atoms with Crippen molar-refractivity contribution in [3.8, 4) is 11.5 Å². The minimum Gasteiger partial charge on any atom is -0.486 e. The fourth-order valence-corrected chi connectivity index (χ4v) is 3.33. The first-order valence-electron chi connectivity index (χ1n) is 9.45. The number of para-hydroxylation sites is 1. The minimum absolute atomic E-state index is 0.0530. The number of carbonyl (C=O) groups is 2. The highest BCUT2D eigenvalue weighted by atomic mass is 16.6. The smallest absolute Gasteiger partial charge is 0.325 e. The number of ether oxygens (including phenoxy) is 2. The van der Waals surface area contributed by atoms with Gasteiger partial charge < -0.3 is 19.2 Å². The van der Waals surface area contributed by atoms with E-state index in [1.807, 2.05) is 6.07 Å². The van der Waals surface area contributed by atoms with Crippen LogP contribution in [0.25, 0.3) is 22.1 Å². The number of furan rings is 1. The van der Waals surface area contributed by atoms with Gasteiger partial charge in [-0.1, -0.05) is 12.1 Å². The Morgan fingerprint density at radius 2 is 1.87 bits per heavy atom. The molecule has 0 fully saturated rings. The summed E-state index contributed by atoms with van der Waals surface area (Å²) >= 11 is 0. The molecule has 2 N–H and O–H groups in total. The molecule has 1 aliphatic heterocycles. The molecule has 3 amide bonds. The molecular formula is C21H16N4O6. The third-order valence-electron chi connectivity index (χ3n) is 4.72. The summed E-state index contributed by atoms with van der Waals surface area (Å²) in [6.07, 6.45) is 1.25. The van der Waals surface area contributed by atoms with E-state index in [0.717, 1.165) is 4.57 Å². The Balaban J connectivity index is 1.28. The molecule has 10 nitrogen and oxygen atoms in total. The van der Waals surface area contributed by atoms with Crippen LogP contribution in [0.3, 0.4) is 0 Å². The Bertz CT molecular complexity index is 1390. The molecule has 0 atom stereocenters. The number of anilines is 1. The zero-order valence-corrected chi connectivity index (χ0v) is 16.1. The maximum atomic E-state index is 12.7. The van der Waals surface area contributed by atoms with Crippen LogP contribution in [0, 0.1) is 0 Å². The summed E-state index contributed by atoms with van der Waals surface area (Å²) in [5, 5.41) is 5.44. The molecule has 0 unspecified atom stereocenters. The van der Waals surface area contributed by atoms with E-state index in [9.17, 15) is 14.4 Å². The third-order valence-corrected chi connectivity index (χ3v) is 4.72. The van der Waals surface area contributed by atoms with Crippen LogP contribution >= 0.6 is 0 Å². The largest absolute Gasteiger partial charge is 0.486 e. The highest BCUT2D eigenvalue weighted by Crippen LogP contribution is 2.32. The fourth-order valence-electron chi connectivity index (χ4n) is 3.33. The van der Waals surface area contributed by atoms with Crippen molar-refractivity contribution >= 4 is 39.7 Å². The number of carbonyl (C=O) groups excluding carboxylic acids is 2. The molecule has 4 aromatic rings. The Morgan fingerprint density at radius 1 is 1.06 bits per heavy atom. The number of rotatable bonds is 3. The van der Waals surface area contributed by atoms with Crippen molar-refractivity contribution in [2.24, 2.45) is 0 Å². The van der Waals surface area contributed by atoms with Gasteiger partial charge in [0.1, 0.15) is 30.9 Å². The fraction of sp³-hybridized carbons (Fsp3) is 0.143. The van der Waals surface area contributed by atoms with E-state index in [2.05, 4.69) is 15.6 Å². The van der Waals surface area contributed by atoms with Gasteiger partial charge in [-0.25, -0.2) is 9.78 Å². The van der Waals surface area contributed by atoms with Crippen molar-refractivity contribution in [1.82, 2.24) is 14.9 Å². The number of benzene rings is 2. The molecule has 2 aromatic carbocycles. The minimum atomic E-state index is -0.743. The zero-order valence-electron chi connectivity index (χ0n) is 16.1. The lowest BCUT2D eigenvalue weighted by molar-refractivity contribution is -0.120. The van der Waals surface area contributed by atoms with E-state index in [-0.39, 0.29) is 5.58 Å². The van der Waals surface area contributed by atoms with E-state index in [1.165, 1.54) is 6.33 Å². The van der Waals surface area contributed by atoms with Gasteiger partial charge in [0.05, 0.1) is 6.33 Å². The first-order valence-corrected chi connectivity index (χ1v) is 9.45. The van der Waals surface area contributed by atoms with Crippen LogP contribution in [0.5, 0.6) is 11.5 Å². The number of imide groups is 1. The highest BCUT2D eigenvalue weighted by Gasteiger charge is 2.17. The summed E-state index contributed by atoms with van der Waals surface area (Å²) in [5.74, 6) is 0.405. The normalized spacial score (nSPS) is 12.6. The predicted molar refractivity (Wildman–Crippen MR) is 110 cm³/mol. The van der Waals surface area contributed by atoms with E-state index in [4.69, 9.17) is 13.9 Å². The van der Waals surface area contributed by atoms with Gasteiger partial charge in [-0.05, 0) is 24.3 Å². The van der Waals surface area contributed by atoms with Crippen molar-refractivity contribution in [2.45, 2.75) is 6.54 Å². The average Bonchev–Trinajstić information content (AvgIpc) is 3.15. The third kappa shape index (κ3) is 3.54. The molecule has 0 radical (unpaired) electrons. The summed E-state index contributed by atoms with van der Waals surface area (Å²) in [4.78, 5) is 41.3. The lowest BCUT2D eigenvalue weighted by atomic mass is 10.2. The van der Waals surface area contributed by atoms with Gasteiger partial charge in [-0.2, -0.15) is 0 Å². The van der Waals surface area contributed by atoms with Gasteiger partial charge in [-0.3, -0.25) is 19.5 Å². The van der Waals surface area contributed by atoms with Crippen LogP contribution in [0.1, 0.15) is 0 Å². The summed E-state index contributed by atoms with van der Waals surface area (Å²) in [7, 11) is 0. The second-order valence-corrected chi connectivity index (χ2v) is 6.81. The van der Waals surface area contributed by atoms with Crippen molar-refractivity contribution in [2.75, 3.05) is 18.5 Å². The molecule has 3 heterocycles. The average molecular weight is 420 g/mol. The van der Waals surface area contributed by atoms with Crippen molar-refractivity contribution in [3.05, 3.63) is 59.1 Å². The number of aromatic nitrogens is 2. The SMILES string of the molecule is O=C(Cn1cnc2c(oc3ccccc32)c1=O)NC(=O)Nc1ccc2c(c1)OCCO2. The van der Waals surface area contributed by atoms with Crippen LogP contribution in [0.2, 0.25) is 0 Å². The molecule has 31 heavy (non-hydrogen) atoms. The molecule has 0 saturated carbocycles. The van der Waals surface area contributed by atoms with E-state index in [1.54, 1.807) is 36.4 Å². The molecule has 2 aromatic heterocycles. The summed E-state index contributed by atoms with van der Waals surface area (Å²) in [6.45, 7) is 0.482. The zero-order chi connectivity index (χ0) is 21.4. The van der Waals surface area contributed by atoms with E-state index >= 15 is 0 Å². The summed E-state index contributed by atoms with van der Waals surface area (Å²) < 4.78 is 17.5. The van der Waals surface area contributed by atoms with Crippen molar-refractivity contribution < 1.29 is 23.5 Å². The lowest BCUT2D eigenvalue weighted by Gasteiger charge is -2.19. The molecule has 0 aliphatic carbocycles. The molecule has 10 heteroatoms. The number of amides is 3. The van der Waals surface area contributed by atoms with Crippen LogP contribution in [-0.2, 0) is 11.3 Å². The van der Waals surface area contributed by atoms with Gasteiger partial charge in [0.25, 0.3) is 5.56 Å². The maximum Gasteiger partial charge on any atom is 0.325 e. The molecule has 5 rings (SSSR count). The van der Waals surface area contributed by atoms with E-state index < -0.39 is 24.0 Å². The van der Waals surface area contributed by atoms with Crippen molar-refractivity contribution in [1.29, 1.82) is 0 Å². The lowest BCUT2D eigenvalue weighted by Crippen LogP contribution is -2.38. The first kappa shape index (κ1) is 18.7. The van der Waals surface area contributed by atoms with Gasteiger partial charge in [-0.15, -0.1) is 0 Å². The predicted octanol–water partition coefficient (Wildman–Crippen LogP) is 2.26. The second kappa shape index (κ2) is 7.48. The van der Waals surface area contributed by atoms with Gasteiger partial charge in [0, 0.05) is 17.1 Å². The monoisotopic (exact) mass is 420 g/mol. The van der Waals surface area contributed by atoms with Crippen LogP contribution in [0.15, 0.2) is 58.0 Å². The molecule has 0 saturated heterocycles.